The molecule has 8 heteroatoms. The fraction of sp³-hybridized carbons (Fsp3) is 0.318. The van der Waals surface area contributed by atoms with Gasteiger partial charge in [0.15, 0.2) is 11.6 Å². The lowest BCUT2D eigenvalue weighted by molar-refractivity contribution is -0.142. The topological polar surface area (TPSA) is 81.7 Å². The van der Waals surface area contributed by atoms with Gasteiger partial charge in [0, 0.05) is 6.42 Å². The first-order valence-corrected chi connectivity index (χ1v) is 9.17. The van der Waals surface area contributed by atoms with Crippen LogP contribution in [0.15, 0.2) is 42.5 Å². The van der Waals surface area contributed by atoms with E-state index in [1.807, 2.05) is 0 Å². The number of esters is 2. The maximum Gasteiger partial charge on any atom is 0.338 e. The van der Waals surface area contributed by atoms with Gasteiger partial charge in [0.2, 0.25) is 0 Å². The summed E-state index contributed by atoms with van der Waals surface area (Å²) < 4.78 is 37.2. The minimum atomic E-state index is -1.31. The van der Waals surface area contributed by atoms with Crippen molar-refractivity contribution in [3.8, 4) is 0 Å². The molecule has 1 amide bonds. The number of methoxy groups -OCH3 is 1. The van der Waals surface area contributed by atoms with Gasteiger partial charge in [0.25, 0.3) is 5.91 Å². The van der Waals surface area contributed by atoms with E-state index in [1.165, 1.54) is 18.2 Å². The zero-order valence-corrected chi connectivity index (χ0v) is 17.1. The van der Waals surface area contributed by atoms with Gasteiger partial charge in [-0.3, -0.25) is 4.79 Å². The predicted molar refractivity (Wildman–Crippen MR) is 105 cm³/mol. The maximum absolute atomic E-state index is 13.9. The molecular formula is C22H23F2NO5. The number of rotatable bonds is 6. The van der Waals surface area contributed by atoms with Crippen molar-refractivity contribution in [1.82, 2.24) is 5.32 Å². The molecule has 0 saturated heterocycles. The van der Waals surface area contributed by atoms with Gasteiger partial charge >= 0.3 is 11.9 Å². The van der Waals surface area contributed by atoms with E-state index in [9.17, 15) is 23.2 Å². The van der Waals surface area contributed by atoms with E-state index in [1.54, 1.807) is 32.9 Å². The zero-order chi connectivity index (χ0) is 22.5. The Bertz CT molecular complexity index is 936. The van der Waals surface area contributed by atoms with Crippen molar-refractivity contribution in [2.45, 2.75) is 38.8 Å². The van der Waals surface area contributed by atoms with Crippen molar-refractivity contribution < 1.29 is 32.6 Å². The van der Waals surface area contributed by atoms with E-state index in [4.69, 9.17) is 9.47 Å². The van der Waals surface area contributed by atoms with Crippen LogP contribution in [-0.4, -0.2) is 36.6 Å². The number of ether oxygens (including phenoxy) is 2. The van der Waals surface area contributed by atoms with Gasteiger partial charge in [-0.05, 0) is 50.6 Å². The first-order valence-electron chi connectivity index (χ1n) is 9.17. The van der Waals surface area contributed by atoms with E-state index in [-0.39, 0.29) is 6.42 Å². The molecular weight excluding hydrogens is 396 g/mol. The summed E-state index contributed by atoms with van der Waals surface area (Å²) >= 11 is 0. The summed E-state index contributed by atoms with van der Waals surface area (Å²) in [6, 6.07) is 8.31. The Kier molecular flexibility index (Phi) is 7.26. The molecule has 2 rings (SSSR count). The fourth-order valence-electron chi connectivity index (χ4n) is 2.60. The fourth-order valence-corrected chi connectivity index (χ4v) is 2.60. The third-order valence-electron chi connectivity index (χ3n) is 4.02. The van der Waals surface area contributed by atoms with Crippen LogP contribution in [0.1, 0.15) is 47.1 Å². The summed E-state index contributed by atoms with van der Waals surface area (Å²) in [5.41, 5.74) is -0.224. The van der Waals surface area contributed by atoms with E-state index in [0.717, 1.165) is 19.2 Å². The Balaban J connectivity index is 2.15. The smallest absolute Gasteiger partial charge is 0.338 e. The van der Waals surface area contributed by atoms with Crippen LogP contribution < -0.4 is 5.32 Å². The highest BCUT2D eigenvalue weighted by Crippen LogP contribution is 2.15. The average Bonchev–Trinajstić information content (AvgIpc) is 2.68. The van der Waals surface area contributed by atoms with Crippen LogP contribution in [0.5, 0.6) is 0 Å². The zero-order valence-electron chi connectivity index (χ0n) is 17.1. The number of hydrogen-bond donors (Lipinski definition) is 1. The number of carbonyl (C=O) groups is 3. The Labute approximate surface area is 173 Å². The van der Waals surface area contributed by atoms with Crippen LogP contribution in [0.3, 0.4) is 0 Å². The van der Waals surface area contributed by atoms with Gasteiger partial charge in [-0.1, -0.05) is 18.2 Å². The minimum Gasteiger partial charge on any atom is -0.467 e. The van der Waals surface area contributed by atoms with Crippen LogP contribution in [0, 0.1) is 11.6 Å². The number of nitrogens with one attached hydrogen (secondary N) is 1. The van der Waals surface area contributed by atoms with Gasteiger partial charge in [0.1, 0.15) is 11.6 Å². The third-order valence-corrected chi connectivity index (χ3v) is 4.02. The van der Waals surface area contributed by atoms with Crippen molar-refractivity contribution >= 4 is 17.8 Å². The molecule has 0 heterocycles. The molecule has 0 aliphatic heterocycles. The average molecular weight is 419 g/mol. The molecule has 1 atom stereocenters. The molecule has 0 bridgehead atoms. The maximum atomic E-state index is 13.9. The summed E-state index contributed by atoms with van der Waals surface area (Å²) in [7, 11) is 1.15. The van der Waals surface area contributed by atoms with Crippen LogP contribution in [0.2, 0.25) is 0 Å². The molecule has 160 valence electrons. The van der Waals surface area contributed by atoms with E-state index in [2.05, 4.69) is 5.32 Å². The first kappa shape index (κ1) is 23.0. The van der Waals surface area contributed by atoms with Gasteiger partial charge in [-0.15, -0.1) is 0 Å². The molecule has 0 aliphatic carbocycles. The molecule has 0 unspecified atom stereocenters. The van der Waals surface area contributed by atoms with Gasteiger partial charge in [0.05, 0.1) is 18.2 Å². The molecule has 30 heavy (non-hydrogen) atoms. The van der Waals surface area contributed by atoms with Gasteiger partial charge in [-0.25, -0.2) is 18.4 Å². The van der Waals surface area contributed by atoms with Gasteiger partial charge in [-0.2, -0.15) is 0 Å². The largest absolute Gasteiger partial charge is 0.467 e. The summed E-state index contributed by atoms with van der Waals surface area (Å²) in [4.78, 5) is 36.5. The Hall–Kier alpha value is -3.29. The molecule has 0 radical (unpaired) electrons. The first-order chi connectivity index (χ1) is 14.0. The molecule has 1 N–H and O–H groups in total. The second-order valence-electron chi connectivity index (χ2n) is 7.55. The van der Waals surface area contributed by atoms with Crippen LogP contribution in [0.4, 0.5) is 8.78 Å². The molecule has 2 aromatic carbocycles. The molecule has 0 saturated carbocycles. The van der Waals surface area contributed by atoms with Crippen molar-refractivity contribution in [2.75, 3.05) is 7.11 Å². The third kappa shape index (κ3) is 6.10. The molecule has 6 nitrogen and oxygen atoms in total. The lowest BCUT2D eigenvalue weighted by Gasteiger charge is -2.20. The van der Waals surface area contributed by atoms with E-state index in [0.29, 0.717) is 11.1 Å². The van der Waals surface area contributed by atoms with Crippen molar-refractivity contribution in [3.63, 3.8) is 0 Å². The van der Waals surface area contributed by atoms with Crippen molar-refractivity contribution in [1.29, 1.82) is 0 Å². The van der Waals surface area contributed by atoms with Crippen LogP contribution in [0.25, 0.3) is 0 Å². The Morgan fingerprint density at radius 3 is 2.23 bits per heavy atom. The number of carbonyl (C=O) groups excluding carboxylic acids is 3. The van der Waals surface area contributed by atoms with Crippen LogP contribution in [-0.2, 0) is 20.7 Å². The van der Waals surface area contributed by atoms with Crippen LogP contribution >= 0.6 is 0 Å². The van der Waals surface area contributed by atoms with E-state index < -0.39 is 46.7 Å². The molecule has 2 aromatic rings. The highest BCUT2D eigenvalue weighted by Gasteiger charge is 2.25. The summed E-state index contributed by atoms with van der Waals surface area (Å²) in [6.45, 7) is 5.26. The lowest BCUT2D eigenvalue weighted by Crippen LogP contribution is -2.43. The predicted octanol–water partition coefficient (Wildman–Crippen LogP) is 3.43. The quantitative estimate of drug-likeness (QED) is 0.726. The molecule has 0 aliphatic rings. The Morgan fingerprint density at radius 2 is 1.67 bits per heavy atom. The van der Waals surface area contributed by atoms with Crippen molar-refractivity contribution in [2.24, 2.45) is 0 Å². The summed E-state index contributed by atoms with van der Waals surface area (Å²) in [6.07, 6.45) is 0.0178. The number of hydrogen-bond acceptors (Lipinski definition) is 5. The second-order valence-corrected chi connectivity index (χ2v) is 7.55. The lowest BCUT2D eigenvalue weighted by atomic mass is 10.0. The second kappa shape index (κ2) is 9.47. The Morgan fingerprint density at radius 1 is 1.03 bits per heavy atom. The minimum absolute atomic E-state index is 0.0178. The monoisotopic (exact) mass is 419 g/mol. The SMILES string of the molecule is COC(=O)[C@H](Cc1ccc(C(=O)OC(C)(C)C)cc1)NC(=O)c1cccc(F)c1F. The summed E-state index contributed by atoms with van der Waals surface area (Å²) in [5, 5.41) is 2.36. The molecule has 0 spiro atoms. The number of amides is 1. The van der Waals surface area contributed by atoms with Gasteiger partial charge < -0.3 is 14.8 Å². The number of halogens is 2. The van der Waals surface area contributed by atoms with Crippen molar-refractivity contribution in [3.05, 3.63) is 70.8 Å². The normalized spacial score (nSPS) is 12.1. The van der Waals surface area contributed by atoms with E-state index >= 15 is 0 Å². The number of benzene rings is 2. The molecule has 0 fully saturated rings. The molecule has 0 aromatic heterocycles. The summed E-state index contributed by atoms with van der Waals surface area (Å²) in [5.74, 6) is -4.67. The highest BCUT2D eigenvalue weighted by molar-refractivity contribution is 5.97. The standard InChI is InChI=1S/C22H23F2NO5/c1-22(2,3)30-20(27)14-10-8-13(9-11-14)12-17(21(28)29-4)25-19(26)15-6-5-7-16(23)18(15)24/h5-11,17H,12H2,1-4H3,(H,25,26)/t17-/m0/s1. The highest BCUT2D eigenvalue weighted by atomic mass is 19.2.